The fourth-order valence-corrected chi connectivity index (χ4v) is 0.870. The fraction of sp³-hybridized carbons (Fsp3) is 0.667. The number of rotatable bonds is 3. The van der Waals surface area contributed by atoms with Crippen molar-refractivity contribution in [2.24, 2.45) is 12.8 Å². The molecular weight excluding hydrogens is 144 g/mol. The van der Waals surface area contributed by atoms with Crippen LogP contribution in [0.2, 0.25) is 0 Å². The molecule has 11 heavy (non-hydrogen) atoms. The van der Waals surface area contributed by atoms with Crippen molar-refractivity contribution >= 4 is 0 Å². The van der Waals surface area contributed by atoms with E-state index in [-0.39, 0.29) is 0 Å². The van der Waals surface area contributed by atoms with Crippen LogP contribution in [0.3, 0.4) is 0 Å². The van der Waals surface area contributed by atoms with Crippen LogP contribution in [0.25, 0.3) is 0 Å². The number of hydrogen-bond acceptors (Lipinski definition) is 4. The van der Waals surface area contributed by atoms with Crippen LogP contribution in [0.5, 0.6) is 6.01 Å². The molecule has 0 aliphatic heterocycles. The van der Waals surface area contributed by atoms with Gasteiger partial charge < -0.3 is 10.5 Å². The van der Waals surface area contributed by atoms with E-state index in [4.69, 9.17) is 10.5 Å². The number of nitrogens with two attached hydrogens (primary N) is 1. The highest BCUT2D eigenvalue weighted by Crippen LogP contribution is 2.05. The summed E-state index contributed by atoms with van der Waals surface area (Å²) in [5, 5.41) is 7.67. The molecule has 0 unspecified atom stereocenters. The summed E-state index contributed by atoms with van der Waals surface area (Å²) in [7, 11) is 3.42. The van der Waals surface area contributed by atoms with Crippen LogP contribution in [0, 0.1) is 0 Å². The van der Waals surface area contributed by atoms with E-state index in [2.05, 4.69) is 10.2 Å². The Morgan fingerprint density at radius 3 is 2.73 bits per heavy atom. The topological polar surface area (TPSA) is 66.0 Å². The van der Waals surface area contributed by atoms with Gasteiger partial charge in [0.1, 0.15) is 5.82 Å². The number of methoxy groups -OCH3 is 1. The van der Waals surface area contributed by atoms with E-state index in [1.165, 1.54) is 0 Å². The first-order valence-corrected chi connectivity index (χ1v) is 3.42. The van der Waals surface area contributed by atoms with Gasteiger partial charge in [-0.3, -0.25) is 4.57 Å². The van der Waals surface area contributed by atoms with E-state index in [1.54, 1.807) is 11.7 Å². The van der Waals surface area contributed by atoms with E-state index in [0.29, 0.717) is 12.6 Å². The summed E-state index contributed by atoms with van der Waals surface area (Å²) in [5.41, 5.74) is 5.36. The van der Waals surface area contributed by atoms with Crippen LogP contribution in [-0.4, -0.2) is 28.4 Å². The van der Waals surface area contributed by atoms with E-state index in [0.717, 1.165) is 12.2 Å². The lowest BCUT2D eigenvalue weighted by Crippen LogP contribution is -2.08. The van der Waals surface area contributed by atoms with Gasteiger partial charge >= 0.3 is 6.01 Å². The monoisotopic (exact) mass is 156 g/mol. The third kappa shape index (κ3) is 1.48. The molecule has 0 atom stereocenters. The predicted octanol–water partition coefficient (Wildman–Crippen LogP) is -0.675. The largest absolute Gasteiger partial charge is 0.467 e. The summed E-state index contributed by atoms with van der Waals surface area (Å²) in [6.45, 7) is 0.579. The zero-order chi connectivity index (χ0) is 8.27. The van der Waals surface area contributed by atoms with Crippen LogP contribution >= 0.6 is 0 Å². The highest BCUT2D eigenvalue weighted by molar-refractivity contribution is 4.99. The lowest BCUT2D eigenvalue weighted by molar-refractivity contribution is 0.363. The smallest absolute Gasteiger partial charge is 0.316 e. The molecule has 1 heterocycles. The maximum Gasteiger partial charge on any atom is 0.316 e. The van der Waals surface area contributed by atoms with Gasteiger partial charge in [-0.1, -0.05) is 5.10 Å². The van der Waals surface area contributed by atoms with Gasteiger partial charge in [0.25, 0.3) is 0 Å². The lowest BCUT2D eigenvalue weighted by Gasteiger charge is -1.99. The quantitative estimate of drug-likeness (QED) is 0.630. The summed E-state index contributed by atoms with van der Waals surface area (Å²) < 4.78 is 6.71. The van der Waals surface area contributed by atoms with Gasteiger partial charge in [-0.15, -0.1) is 5.10 Å². The molecule has 0 amide bonds. The van der Waals surface area contributed by atoms with Crippen molar-refractivity contribution < 1.29 is 4.74 Å². The molecule has 0 aromatic carbocycles. The van der Waals surface area contributed by atoms with Gasteiger partial charge in [-0.05, 0) is 6.54 Å². The molecule has 5 heteroatoms. The minimum atomic E-state index is 0.522. The zero-order valence-corrected chi connectivity index (χ0v) is 6.74. The van der Waals surface area contributed by atoms with Gasteiger partial charge in [0, 0.05) is 13.5 Å². The normalized spacial score (nSPS) is 10.1. The fourth-order valence-electron chi connectivity index (χ4n) is 0.870. The third-order valence-electron chi connectivity index (χ3n) is 1.48. The number of ether oxygens (including phenoxy) is 1. The molecule has 0 spiro atoms. The molecule has 0 aliphatic rings. The molecule has 0 saturated carbocycles. The zero-order valence-electron chi connectivity index (χ0n) is 6.74. The number of aromatic nitrogens is 3. The molecule has 1 aromatic rings. The van der Waals surface area contributed by atoms with Crippen molar-refractivity contribution in [2.75, 3.05) is 13.7 Å². The van der Waals surface area contributed by atoms with Crippen LogP contribution in [0.4, 0.5) is 0 Å². The molecule has 0 aliphatic carbocycles. The van der Waals surface area contributed by atoms with Gasteiger partial charge in [0.2, 0.25) is 0 Å². The minimum absolute atomic E-state index is 0.522. The first-order chi connectivity index (χ1) is 5.29. The van der Waals surface area contributed by atoms with Crippen LogP contribution < -0.4 is 10.5 Å². The predicted molar refractivity (Wildman–Crippen MR) is 40.3 cm³/mol. The second kappa shape index (κ2) is 3.34. The minimum Gasteiger partial charge on any atom is -0.467 e. The van der Waals surface area contributed by atoms with Crippen molar-refractivity contribution in [1.82, 2.24) is 14.8 Å². The molecule has 1 rings (SSSR count). The van der Waals surface area contributed by atoms with Gasteiger partial charge in [0.15, 0.2) is 0 Å². The average molecular weight is 156 g/mol. The first-order valence-electron chi connectivity index (χ1n) is 3.42. The molecule has 5 nitrogen and oxygen atoms in total. The van der Waals surface area contributed by atoms with E-state index < -0.39 is 0 Å². The standard InChI is InChI=1S/C6H12N4O/c1-10-5(3-4-7)8-9-6(10)11-2/h3-4,7H2,1-2H3. The molecule has 2 N–H and O–H groups in total. The Labute approximate surface area is 65.2 Å². The molecule has 0 radical (unpaired) electrons. The van der Waals surface area contributed by atoms with Gasteiger partial charge in [0.05, 0.1) is 7.11 Å². The van der Waals surface area contributed by atoms with Crippen molar-refractivity contribution in [3.8, 4) is 6.01 Å². The van der Waals surface area contributed by atoms with Crippen LogP contribution in [0.15, 0.2) is 0 Å². The van der Waals surface area contributed by atoms with Crippen LogP contribution in [-0.2, 0) is 13.5 Å². The van der Waals surface area contributed by atoms with Gasteiger partial charge in [-0.25, -0.2) is 0 Å². The Kier molecular flexibility index (Phi) is 2.43. The summed E-state index contributed by atoms with van der Waals surface area (Å²) >= 11 is 0. The Hall–Kier alpha value is -1.10. The molecule has 0 bridgehead atoms. The maximum absolute atomic E-state index is 5.36. The molecule has 0 saturated heterocycles. The number of hydrogen-bond donors (Lipinski definition) is 1. The molecule has 1 aromatic heterocycles. The van der Waals surface area contributed by atoms with Crippen molar-refractivity contribution in [3.63, 3.8) is 0 Å². The second-order valence-corrected chi connectivity index (χ2v) is 2.20. The lowest BCUT2D eigenvalue weighted by atomic mass is 10.4. The van der Waals surface area contributed by atoms with Gasteiger partial charge in [-0.2, -0.15) is 0 Å². The average Bonchev–Trinajstić information content (AvgIpc) is 2.34. The summed E-state index contributed by atoms with van der Waals surface area (Å²) in [4.78, 5) is 0. The van der Waals surface area contributed by atoms with E-state index in [1.807, 2.05) is 7.05 Å². The number of nitrogens with zero attached hydrogens (tertiary/aromatic N) is 3. The summed E-state index contributed by atoms with van der Waals surface area (Å²) in [6.07, 6.45) is 0.729. The maximum atomic E-state index is 5.36. The summed E-state index contributed by atoms with van der Waals surface area (Å²) in [6, 6.07) is 0.522. The Bertz CT molecular complexity index is 232. The van der Waals surface area contributed by atoms with Crippen molar-refractivity contribution in [1.29, 1.82) is 0 Å². The second-order valence-electron chi connectivity index (χ2n) is 2.20. The van der Waals surface area contributed by atoms with Crippen molar-refractivity contribution in [2.45, 2.75) is 6.42 Å². The third-order valence-corrected chi connectivity index (χ3v) is 1.48. The first kappa shape index (κ1) is 8.00. The molecular formula is C6H12N4O. The van der Waals surface area contributed by atoms with E-state index in [9.17, 15) is 0 Å². The Balaban J connectivity index is 2.82. The Morgan fingerprint density at radius 2 is 2.27 bits per heavy atom. The SMILES string of the molecule is COc1nnc(CCN)n1C. The van der Waals surface area contributed by atoms with Crippen molar-refractivity contribution in [3.05, 3.63) is 5.82 Å². The highest BCUT2D eigenvalue weighted by atomic mass is 16.5. The molecule has 0 fully saturated rings. The summed E-state index contributed by atoms with van der Waals surface area (Å²) in [5.74, 6) is 0.851. The molecule has 62 valence electrons. The Morgan fingerprint density at radius 1 is 1.55 bits per heavy atom. The van der Waals surface area contributed by atoms with Crippen LogP contribution in [0.1, 0.15) is 5.82 Å². The van der Waals surface area contributed by atoms with E-state index >= 15 is 0 Å². The highest BCUT2D eigenvalue weighted by Gasteiger charge is 2.05.